The molecule has 0 radical (unpaired) electrons. The van der Waals surface area contributed by atoms with E-state index >= 15 is 0 Å². The summed E-state index contributed by atoms with van der Waals surface area (Å²) in [6, 6.07) is 10.1. The number of piperazine rings is 1. The van der Waals surface area contributed by atoms with Crippen LogP contribution in [0.25, 0.3) is 0 Å². The summed E-state index contributed by atoms with van der Waals surface area (Å²) in [5.41, 5.74) is 2.44. The van der Waals surface area contributed by atoms with Crippen LogP contribution in [0.15, 0.2) is 34.9 Å². The molecule has 7 nitrogen and oxygen atoms in total. The molecular formula is C20H26N4O3S. The number of carbonyl (C=O) groups excluding carboxylic acids is 2. The fourth-order valence-electron chi connectivity index (χ4n) is 3.06. The molecule has 0 aliphatic carbocycles. The molecular weight excluding hydrogens is 376 g/mol. The smallest absolute Gasteiger partial charge is 0.238 e. The fraction of sp³-hybridized carbons (Fsp3) is 0.450. The molecule has 2 amide bonds. The molecule has 1 aliphatic heterocycles. The standard InChI is InChI=1S/C20H26N4O3S/c1-14-5-4-6-17(11-14)23-7-9-24(10-8-23)19(25)13-28-16(3)20(26)21-18-12-15(2)27-22-18/h4-6,11-12,16H,7-10,13H2,1-3H3,(H,21,22,26). The number of nitrogens with one attached hydrogen (secondary N) is 1. The number of thioether (sulfide) groups is 1. The molecule has 8 heteroatoms. The number of anilines is 2. The molecule has 1 aromatic carbocycles. The fourth-order valence-corrected chi connectivity index (χ4v) is 3.84. The summed E-state index contributed by atoms with van der Waals surface area (Å²) in [5.74, 6) is 1.21. The second-order valence-corrected chi connectivity index (χ2v) is 8.30. The number of nitrogens with zero attached hydrogens (tertiary/aromatic N) is 3. The molecule has 2 heterocycles. The highest BCUT2D eigenvalue weighted by Gasteiger charge is 2.23. The maximum atomic E-state index is 12.5. The van der Waals surface area contributed by atoms with Crippen molar-refractivity contribution in [2.45, 2.75) is 26.0 Å². The Morgan fingerprint density at radius 3 is 2.61 bits per heavy atom. The van der Waals surface area contributed by atoms with Gasteiger partial charge in [-0.2, -0.15) is 0 Å². The number of rotatable bonds is 6. The minimum absolute atomic E-state index is 0.0748. The van der Waals surface area contributed by atoms with E-state index in [1.54, 1.807) is 19.9 Å². The summed E-state index contributed by atoms with van der Waals surface area (Å²) in [6.45, 7) is 8.68. The van der Waals surface area contributed by atoms with Crippen LogP contribution in [0.4, 0.5) is 11.5 Å². The van der Waals surface area contributed by atoms with Gasteiger partial charge < -0.3 is 19.6 Å². The van der Waals surface area contributed by atoms with Crippen LogP contribution >= 0.6 is 11.8 Å². The van der Waals surface area contributed by atoms with Gasteiger partial charge in [-0.15, -0.1) is 11.8 Å². The van der Waals surface area contributed by atoms with Gasteiger partial charge in [0.25, 0.3) is 0 Å². The van der Waals surface area contributed by atoms with Crippen LogP contribution in [0, 0.1) is 13.8 Å². The lowest BCUT2D eigenvalue weighted by atomic mass is 10.2. The summed E-state index contributed by atoms with van der Waals surface area (Å²) < 4.78 is 4.93. The average molecular weight is 403 g/mol. The van der Waals surface area contributed by atoms with E-state index in [0.29, 0.717) is 24.7 Å². The van der Waals surface area contributed by atoms with E-state index in [4.69, 9.17) is 4.52 Å². The lowest BCUT2D eigenvalue weighted by molar-refractivity contribution is -0.128. The molecule has 0 bridgehead atoms. The van der Waals surface area contributed by atoms with Gasteiger partial charge in [-0.05, 0) is 38.5 Å². The van der Waals surface area contributed by atoms with Gasteiger partial charge in [-0.3, -0.25) is 9.59 Å². The summed E-state index contributed by atoms with van der Waals surface area (Å²) >= 11 is 1.34. The predicted octanol–water partition coefficient (Wildman–Crippen LogP) is 2.70. The third kappa shape index (κ3) is 5.28. The Bertz CT molecular complexity index is 830. The molecule has 1 fully saturated rings. The van der Waals surface area contributed by atoms with Crippen LogP contribution in [-0.4, -0.2) is 59.1 Å². The van der Waals surface area contributed by atoms with Crippen molar-refractivity contribution >= 4 is 35.1 Å². The molecule has 1 atom stereocenters. The zero-order chi connectivity index (χ0) is 20.1. The monoisotopic (exact) mass is 402 g/mol. The maximum Gasteiger partial charge on any atom is 0.238 e. The predicted molar refractivity (Wildman–Crippen MR) is 112 cm³/mol. The summed E-state index contributed by atoms with van der Waals surface area (Å²) in [5, 5.41) is 6.09. The van der Waals surface area contributed by atoms with Crippen LogP contribution in [0.3, 0.4) is 0 Å². The van der Waals surface area contributed by atoms with E-state index in [9.17, 15) is 9.59 Å². The molecule has 1 aliphatic rings. The summed E-state index contributed by atoms with van der Waals surface area (Å²) in [4.78, 5) is 28.9. The van der Waals surface area contributed by atoms with E-state index in [2.05, 4.69) is 46.6 Å². The van der Waals surface area contributed by atoms with Crippen LogP contribution < -0.4 is 10.2 Å². The number of hydrogen-bond acceptors (Lipinski definition) is 6. The molecule has 1 saturated heterocycles. The van der Waals surface area contributed by atoms with Crippen molar-refractivity contribution in [3.05, 3.63) is 41.7 Å². The molecule has 0 spiro atoms. The molecule has 0 saturated carbocycles. The molecule has 28 heavy (non-hydrogen) atoms. The topological polar surface area (TPSA) is 78.7 Å². The third-order valence-corrected chi connectivity index (χ3v) is 5.83. The van der Waals surface area contributed by atoms with E-state index in [1.165, 1.54) is 23.0 Å². The number of aromatic nitrogens is 1. The third-order valence-electron chi connectivity index (χ3n) is 4.70. The van der Waals surface area contributed by atoms with E-state index in [0.717, 1.165) is 13.1 Å². The van der Waals surface area contributed by atoms with Crippen molar-refractivity contribution < 1.29 is 14.1 Å². The number of hydrogen-bond donors (Lipinski definition) is 1. The molecule has 1 unspecified atom stereocenters. The average Bonchev–Trinajstić information content (AvgIpc) is 3.10. The second-order valence-electron chi connectivity index (χ2n) is 6.97. The van der Waals surface area contributed by atoms with Crippen LogP contribution in [-0.2, 0) is 9.59 Å². The molecule has 1 N–H and O–H groups in total. The summed E-state index contributed by atoms with van der Waals surface area (Å²) in [6.07, 6.45) is 0. The van der Waals surface area contributed by atoms with Gasteiger partial charge in [-0.25, -0.2) is 0 Å². The number of carbonyl (C=O) groups is 2. The highest BCUT2D eigenvalue weighted by Crippen LogP contribution is 2.19. The molecule has 150 valence electrons. The maximum absolute atomic E-state index is 12.5. The number of benzene rings is 1. The molecule has 2 aromatic rings. The SMILES string of the molecule is Cc1cccc(N2CCN(C(=O)CSC(C)C(=O)Nc3cc(C)on3)CC2)c1. The van der Waals surface area contributed by atoms with Gasteiger partial charge in [0.1, 0.15) is 5.76 Å². The zero-order valence-electron chi connectivity index (χ0n) is 16.5. The highest BCUT2D eigenvalue weighted by atomic mass is 32.2. The van der Waals surface area contributed by atoms with Gasteiger partial charge in [0.2, 0.25) is 11.8 Å². The van der Waals surface area contributed by atoms with Gasteiger partial charge in [0.15, 0.2) is 5.82 Å². The van der Waals surface area contributed by atoms with Gasteiger partial charge in [0, 0.05) is 37.9 Å². The van der Waals surface area contributed by atoms with Crippen LogP contribution in [0.2, 0.25) is 0 Å². The minimum atomic E-state index is -0.352. The molecule has 3 rings (SSSR count). The van der Waals surface area contributed by atoms with Crippen LogP contribution in [0.5, 0.6) is 0 Å². The van der Waals surface area contributed by atoms with Crippen molar-refractivity contribution in [2.75, 3.05) is 42.1 Å². The largest absolute Gasteiger partial charge is 0.368 e. The Kier molecular flexibility index (Phi) is 6.61. The number of aryl methyl sites for hydroxylation is 2. The Balaban J connectivity index is 1.42. The van der Waals surface area contributed by atoms with Crippen molar-refractivity contribution in [2.24, 2.45) is 0 Å². The van der Waals surface area contributed by atoms with Gasteiger partial charge >= 0.3 is 0 Å². The van der Waals surface area contributed by atoms with Crippen molar-refractivity contribution in [3.63, 3.8) is 0 Å². The summed E-state index contributed by atoms with van der Waals surface area (Å²) in [7, 11) is 0. The first-order chi connectivity index (χ1) is 13.4. The minimum Gasteiger partial charge on any atom is -0.368 e. The van der Waals surface area contributed by atoms with Crippen LogP contribution in [0.1, 0.15) is 18.2 Å². The first-order valence-corrected chi connectivity index (χ1v) is 10.4. The lowest BCUT2D eigenvalue weighted by Gasteiger charge is -2.36. The first kappa shape index (κ1) is 20.3. The van der Waals surface area contributed by atoms with Crippen molar-refractivity contribution in [3.8, 4) is 0 Å². The van der Waals surface area contributed by atoms with Gasteiger partial charge in [0.05, 0.1) is 11.0 Å². The Morgan fingerprint density at radius 2 is 1.96 bits per heavy atom. The first-order valence-electron chi connectivity index (χ1n) is 9.37. The zero-order valence-corrected chi connectivity index (χ0v) is 17.3. The normalized spacial score (nSPS) is 15.4. The van der Waals surface area contributed by atoms with E-state index in [-0.39, 0.29) is 22.8 Å². The van der Waals surface area contributed by atoms with Crippen molar-refractivity contribution in [1.82, 2.24) is 10.1 Å². The van der Waals surface area contributed by atoms with Gasteiger partial charge in [-0.1, -0.05) is 17.3 Å². The Morgan fingerprint density at radius 1 is 1.21 bits per heavy atom. The molecule has 1 aromatic heterocycles. The second kappa shape index (κ2) is 9.14. The number of amides is 2. The highest BCUT2D eigenvalue weighted by molar-refractivity contribution is 8.01. The quantitative estimate of drug-likeness (QED) is 0.800. The van der Waals surface area contributed by atoms with E-state index < -0.39 is 0 Å². The lowest BCUT2D eigenvalue weighted by Crippen LogP contribution is -2.49. The Hall–Kier alpha value is -2.48. The Labute approximate surface area is 169 Å². The van der Waals surface area contributed by atoms with E-state index in [1.807, 2.05) is 4.90 Å². The van der Waals surface area contributed by atoms with Crippen molar-refractivity contribution in [1.29, 1.82) is 0 Å².